The fourth-order valence-electron chi connectivity index (χ4n) is 4.53. The molecule has 0 atom stereocenters. The van der Waals surface area contributed by atoms with Gasteiger partial charge in [0.05, 0.1) is 22.5 Å². The zero-order valence-electron chi connectivity index (χ0n) is 22.3. The molecule has 4 heterocycles. The highest BCUT2D eigenvalue weighted by Gasteiger charge is 2.26. The summed E-state index contributed by atoms with van der Waals surface area (Å²) in [6, 6.07) is 8.18. The normalized spacial score (nSPS) is 13.2. The van der Waals surface area contributed by atoms with Crippen LogP contribution in [0.25, 0.3) is 22.5 Å². The summed E-state index contributed by atoms with van der Waals surface area (Å²) in [7, 11) is 0. The van der Waals surface area contributed by atoms with Crippen molar-refractivity contribution in [2.24, 2.45) is 0 Å². The minimum Gasteiger partial charge on any atom is -0.466 e. The second-order valence-corrected chi connectivity index (χ2v) is 9.25. The van der Waals surface area contributed by atoms with Gasteiger partial charge in [0.25, 0.3) is 5.91 Å². The van der Waals surface area contributed by atoms with Gasteiger partial charge in [-0.3, -0.25) is 14.8 Å². The first-order chi connectivity index (χ1) is 18.3. The Morgan fingerprint density at radius 1 is 0.974 bits per heavy atom. The number of hydrogen-bond acceptors (Lipinski definition) is 6. The molecule has 9 heteroatoms. The first-order valence-corrected chi connectivity index (χ1v) is 13.0. The van der Waals surface area contributed by atoms with Crippen molar-refractivity contribution in [2.75, 3.05) is 31.1 Å². The molecule has 5 rings (SSSR count). The second kappa shape index (κ2) is 11.7. The third-order valence-corrected chi connectivity index (χ3v) is 6.69. The molecule has 7 nitrogen and oxygen atoms in total. The summed E-state index contributed by atoms with van der Waals surface area (Å²) in [5.74, 6) is 1.71. The number of aromatic nitrogens is 3. The van der Waals surface area contributed by atoms with Crippen LogP contribution in [0.15, 0.2) is 53.3 Å². The van der Waals surface area contributed by atoms with Crippen LogP contribution >= 0.6 is 11.6 Å². The van der Waals surface area contributed by atoms with E-state index in [0.717, 1.165) is 16.9 Å². The van der Waals surface area contributed by atoms with Crippen LogP contribution in [0.2, 0.25) is 5.02 Å². The fourth-order valence-corrected chi connectivity index (χ4v) is 4.74. The van der Waals surface area contributed by atoms with Gasteiger partial charge in [-0.2, -0.15) is 0 Å². The Morgan fingerprint density at radius 2 is 1.71 bits per heavy atom. The van der Waals surface area contributed by atoms with Gasteiger partial charge < -0.3 is 14.2 Å². The number of aryl methyl sites for hydroxylation is 3. The zero-order valence-corrected chi connectivity index (χ0v) is 23.0. The van der Waals surface area contributed by atoms with Gasteiger partial charge >= 0.3 is 0 Å². The molecule has 4 aromatic rings. The molecule has 0 spiro atoms. The van der Waals surface area contributed by atoms with Crippen molar-refractivity contribution in [3.63, 3.8) is 0 Å². The lowest BCUT2D eigenvalue weighted by Crippen LogP contribution is -2.49. The lowest BCUT2D eigenvalue weighted by molar-refractivity contribution is 0.0744. The van der Waals surface area contributed by atoms with Crippen molar-refractivity contribution in [1.82, 2.24) is 19.9 Å². The number of anilines is 1. The number of hydrogen-bond donors (Lipinski definition) is 0. The van der Waals surface area contributed by atoms with Crippen molar-refractivity contribution in [3.8, 4) is 22.5 Å². The van der Waals surface area contributed by atoms with Crippen molar-refractivity contribution < 1.29 is 13.6 Å². The van der Waals surface area contributed by atoms with Gasteiger partial charge in [-0.15, -0.1) is 0 Å². The number of amides is 1. The summed E-state index contributed by atoms with van der Waals surface area (Å²) in [4.78, 5) is 30.7. The van der Waals surface area contributed by atoms with Crippen LogP contribution in [0, 0.1) is 26.6 Å². The number of carbonyl (C=O) groups is 1. The Hall–Kier alpha value is -3.78. The van der Waals surface area contributed by atoms with E-state index in [1.54, 1.807) is 36.8 Å². The van der Waals surface area contributed by atoms with Crippen LogP contribution in [0.4, 0.5) is 10.2 Å². The standard InChI is InChI=1S/C27H25ClFN5O2.C2H6/c1-16-12-19(29)4-5-20(16)25-26(21-6-7-30-14-23(21)28)32-24(15-31-25)33-8-10-34(11-9-33)27(35)22-13-17(2)36-18(22)3;1-2/h4-7,12-15H,8-11H2,1-3H3;1-2H3. The second-order valence-electron chi connectivity index (χ2n) is 8.85. The Bertz CT molecular complexity index is 1450. The van der Waals surface area contributed by atoms with Gasteiger partial charge in [-0.1, -0.05) is 25.4 Å². The lowest BCUT2D eigenvalue weighted by atomic mass is 10.0. The molecule has 1 amide bonds. The Balaban J connectivity index is 0.00000164. The SMILES string of the molecule is CC.Cc1cc(C(=O)N2CCN(c3cnc(-c4ccc(F)cc4C)c(-c4ccncc4Cl)n3)CC2)c(C)o1. The molecule has 1 aliphatic heterocycles. The van der Waals surface area contributed by atoms with Gasteiger partial charge in [0.1, 0.15) is 28.8 Å². The Kier molecular flexibility index (Phi) is 8.42. The summed E-state index contributed by atoms with van der Waals surface area (Å²) < 4.78 is 19.3. The van der Waals surface area contributed by atoms with Crippen LogP contribution in [-0.2, 0) is 0 Å². The van der Waals surface area contributed by atoms with Gasteiger partial charge in [0.2, 0.25) is 0 Å². The maximum absolute atomic E-state index is 13.8. The fraction of sp³-hybridized carbons (Fsp3) is 0.310. The topological polar surface area (TPSA) is 75.4 Å². The molecular weight excluding hydrogens is 505 g/mol. The molecule has 1 aromatic carbocycles. The van der Waals surface area contributed by atoms with Crippen LogP contribution in [-0.4, -0.2) is 51.9 Å². The third kappa shape index (κ3) is 5.55. The zero-order chi connectivity index (χ0) is 27.4. The average molecular weight is 536 g/mol. The monoisotopic (exact) mass is 535 g/mol. The summed E-state index contributed by atoms with van der Waals surface area (Å²) in [6.07, 6.45) is 4.94. The highest BCUT2D eigenvalue weighted by molar-refractivity contribution is 6.33. The molecule has 0 aliphatic carbocycles. The molecule has 0 radical (unpaired) electrons. The van der Waals surface area contributed by atoms with Crippen molar-refractivity contribution in [1.29, 1.82) is 0 Å². The summed E-state index contributed by atoms with van der Waals surface area (Å²) in [5.41, 5.74) is 4.04. The van der Waals surface area contributed by atoms with Crippen LogP contribution in [0.3, 0.4) is 0 Å². The lowest BCUT2D eigenvalue weighted by Gasteiger charge is -2.35. The molecule has 1 fully saturated rings. The summed E-state index contributed by atoms with van der Waals surface area (Å²) in [6.45, 7) is 11.8. The minimum atomic E-state index is -0.308. The van der Waals surface area contributed by atoms with E-state index in [1.807, 2.05) is 39.5 Å². The molecule has 198 valence electrons. The smallest absolute Gasteiger partial charge is 0.257 e. The summed E-state index contributed by atoms with van der Waals surface area (Å²) >= 11 is 6.49. The molecule has 38 heavy (non-hydrogen) atoms. The maximum atomic E-state index is 13.8. The number of pyridine rings is 1. The van der Waals surface area contributed by atoms with Gasteiger partial charge in [-0.05, 0) is 56.7 Å². The van der Waals surface area contributed by atoms with Gasteiger partial charge in [0.15, 0.2) is 0 Å². The maximum Gasteiger partial charge on any atom is 0.257 e. The summed E-state index contributed by atoms with van der Waals surface area (Å²) in [5, 5.41) is 0.450. The Labute approximate surface area is 227 Å². The number of halogens is 2. The van der Waals surface area contributed by atoms with E-state index in [0.29, 0.717) is 65.3 Å². The molecule has 0 saturated carbocycles. The average Bonchev–Trinajstić information content (AvgIpc) is 3.27. The van der Waals surface area contributed by atoms with Crippen LogP contribution in [0.1, 0.15) is 41.3 Å². The van der Waals surface area contributed by atoms with E-state index in [1.165, 1.54) is 12.1 Å². The van der Waals surface area contributed by atoms with E-state index in [4.69, 9.17) is 26.0 Å². The third-order valence-electron chi connectivity index (χ3n) is 6.39. The van der Waals surface area contributed by atoms with E-state index in [-0.39, 0.29) is 11.7 Å². The van der Waals surface area contributed by atoms with Crippen LogP contribution < -0.4 is 4.90 Å². The highest BCUT2D eigenvalue weighted by Crippen LogP contribution is 2.35. The van der Waals surface area contributed by atoms with E-state index < -0.39 is 0 Å². The Morgan fingerprint density at radius 3 is 2.34 bits per heavy atom. The number of benzene rings is 1. The quantitative estimate of drug-likeness (QED) is 0.297. The first-order valence-electron chi connectivity index (χ1n) is 12.7. The first kappa shape index (κ1) is 27.3. The number of piperazine rings is 1. The largest absolute Gasteiger partial charge is 0.466 e. The van der Waals surface area contributed by atoms with Gasteiger partial charge in [-0.25, -0.2) is 9.37 Å². The number of nitrogens with zero attached hydrogens (tertiary/aromatic N) is 5. The van der Waals surface area contributed by atoms with E-state index in [2.05, 4.69) is 9.88 Å². The molecular formula is C29H31ClFN5O2. The van der Waals surface area contributed by atoms with Gasteiger partial charge in [0, 0.05) is 49.7 Å². The molecule has 1 aliphatic rings. The molecule has 1 saturated heterocycles. The predicted molar refractivity (Wildman–Crippen MR) is 148 cm³/mol. The van der Waals surface area contributed by atoms with Crippen LogP contribution in [0.5, 0.6) is 0 Å². The van der Waals surface area contributed by atoms with E-state index in [9.17, 15) is 9.18 Å². The number of carbonyl (C=O) groups excluding carboxylic acids is 1. The number of furan rings is 1. The predicted octanol–water partition coefficient (Wildman–Crippen LogP) is 6.50. The molecule has 0 N–H and O–H groups in total. The molecule has 3 aromatic heterocycles. The minimum absolute atomic E-state index is 0.0264. The number of rotatable bonds is 4. The van der Waals surface area contributed by atoms with Crippen molar-refractivity contribution in [2.45, 2.75) is 34.6 Å². The molecule has 0 bridgehead atoms. The van der Waals surface area contributed by atoms with Crippen molar-refractivity contribution >= 4 is 23.3 Å². The molecule has 0 unspecified atom stereocenters. The van der Waals surface area contributed by atoms with E-state index >= 15 is 0 Å². The van der Waals surface area contributed by atoms with Crippen molar-refractivity contribution in [3.05, 3.63) is 82.4 Å². The highest BCUT2D eigenvalue weighted by atomic mass is 35.5.